The molecule has 1 saturated carbocycles. The molecule has 20 heavy (non-hydrogen) atoms. The normalized spacial score (nSPS) is 16.1. The molecule has 1 aliphatic carbocycles. The molecule has 104 valence electrons. The largest absolute Gasteiger partial charge is 0.476 e. The van der Waals surface area contributed by atoms with Crippen LogP contribution in [0.3, 0.4) is 0 Å². The molecule has 3 rings (SSSR count). The van der Waals surface area contributed by atoms with Gasteiger partial charge in [-0.2, -0.15) is 5.10 Å². The highest BCUT2D eigenvalue weighted by molar-refractivity contribution is 5.87. The minimum atomic E-state index is -1.02. The van der Waals surface area contributed by atoms with Crippen molar-refractivity contribution < 1.29 is 14.6 Å². The molecule has 5 nitrogen and oxygen atoms in total. The lowest BCUT2D eigenvalue weighted by Gasteiger charge is -2.18. The summed E-state index contributed by atoms with van der Waals surface area (Å²) in [5, 5.41) is 13.1. The molecule has 0 atom stereocenters. The molecule has 1 aromatic carbocycles. The van der Waals surface area contributed by atoms with Gasteiger partial charge in [0.25, 0.3) is 0 Å². The van der Waals surface area contributed by atoms with Gasteiger partial charge in [-0.1, -0.05) is 24.3 Å². The quantitative estimate of drug-likeness (QED) is 0.928. The molecule has 5 heteroatoms. The number of methoxy groups -OCH3 is 1. The molecule has 0 bridgehead atoms. The van der Waals surface area contributed by atoms with Crippen molar-refractivity contribution in [3.8, 4) is 11.3 Å². The number of rotatable bonds is 4. The second kappa shape index (κ2) is 4.45. The lowest BCUT2D eigenvalue weighted by atomic mass is 9.98. The van der Waals surface area contributed by atoms with Crippen molar-refractivity contribution >= 4 is 5.97 Å². The van der Waals surface area contributed by atoms with Crippen molar-refractivity contribution in [1.29, 1.82) is 0 Å². The second-order valence-corrected chi connectivity index (χ2v) is 5.09. The van der Waals surface area contributed by atoms with Crippen LogP contribution in [0.4, 0.5) is 0 Å². The Morgan fingerprint density at radius 2 is 2.10 bits per heavy atom. The maximum absolute atomic E-state index is 11.0. The molecular weight excluding hydrogens is 256 g/mol. The smallest absolute Gasteiger partial charge is 0.356 e. The van der Waals surface area contributed by atoms with Crippen LogP contribution in [0.15, 0.2) is 30.3 Å². The Hall–Kier alpha value is -2.14. The fraction of sp³-hybridized carbons (Fsp3) is 0.333. The number of aryl methyl sites for hydroxylation is 1. The summed E-state index contributed by atoms with van der Waals surface area (Å²) in [6.07, 6.45) is 1.98. The van der Waals surface area contributed by atoms with E-state index >= 15 is 0 Å². The minimum Gasteiger partial charge on any atom is -0.476 e. The van der Waals surface area contributed by atoms with Gasteiger partial charge < -0.3 is 9.84 Å². The number of hydrogen-bond donors (Lipinski definition) is 1. The zero-order chi connectivity index (χ0) is 14.3. The highest BCUT2D eigenvalue weighted by atomic mass is 16.5. The predicted molar refractivity (Wildman–Crippen MR) is 73.5 cm³/mol. The molecule has 1 N–H and O–H groups in total. The molecule has 1 fully saturated rings. The molecule has 1 aliphatic rings. The zero-order valence-corrected chi connectivity index (χ0v) is 11.5. The van der Waals surface area contributed by atoms with Crippen LogP contribution >= 0.6 is 0 Å². The van der Waals surface area contributed by atoms with Crippen molar-refractivity contribution in [2.24, 2.45) is 7.05 Å². The maximum atomic E-state index is 11.0. The van der Waals surface area contributed by atoms with E-state index in [1.165, 1.54) is 0 Å². The summed E-state index contributed by atoms with van der Waals surface area (Å²) in [6.45, 7) is 0. The number of carboxylic acid groups (broad SMARTS) is 1. The van der Waals surface area contributed by atoms with Crippen molar-refractivity contribution in [2.75, 3.05) is 7.11 Å². The third-order valence-corrected chi connectivity index (χ3v) is 3.89. The molecule has 0 spiro atoms. The number of carbonyl (C=O) groups is 1. The highest BCUT2D eigenvalue weighted by Crippen LogP contribution is 2.51. The number of aromatic nitrogens is 2. The van der Waals surface area contributed by atoms with Crippen molar-refractivity contribution in [1.82, 2.24) is 9.78 Å². The number of benzene rings is 1. The molecule has 2 aromatic rings. The van der Waals surface area contributed by atoms with Crippen molar-refractivity contribution in [2.45, 2.75) is 18.4 Å². The van der Waals surface area contributed by atoms with Crippen LogP contribution in [0.25, 0.3) is 11.3 Å². The van der Waals surface area contributed by atoms with Crippen LogP contribution in [-0.2, 0) is 17.4 Å². The monoisotopic (exact) mass is 272 g/mol. The Kier molecular flexibility index (Phi) is 2.87. The summed E-state index contributed by atoms with van der Waals surface area (Å²) >= 11 is 0. The second-order valence-electron chi connectivity index (χ2n) is 5.09. The van der Waals surface area contributed by atoms with E-state index in [0.29, 0.717) is 0 Å². The molecular formula is C15H16N2O3. The summed E-state index contributed by atoms with van der Waals surface area (Å²) in [7, 11) is 3.47. The number of carboxylic acids is 1. The van der Waals surface area contributed by atoms with Gasteiger partial charge in [0.05, 0.1) is 11.3 Å². The van der Waals surface area contributed by atoms with Gasteiger partial charge in [-0.05, 0) is 24.5 Å². The molecule has 0 unspecified atom stereocenters. The first-order valence-corrected chi connectivity index (χ1v) is 6.50. The van der Waals surface area contributed by atoms with Gasteiger partial charge in [0.15, 0.2) is 5.69 Å². The fourth-order valence-corrected chi connectivity index (χ4v) is 2.62. The molecule has 0 radical (unpaired) electrons. The number of ether oxygens (including phenoxy) is 1. The van der Waals surface area contributed by atoms with Gasteiger partial charge in [-0.25, -0.2) is 4.79 Å². The van der Waals surface area contributed by atoms with E-state index in [1.54, 1.807) is 24.9 Å². The summed E-state index contributed by atoms with van der Waals surface area (Å²) in [6, 6.07) is 9.55. The van der Waals surface area contributed by atoms with E-state index in [9.17, 15) is 4.79 Å². The first kappa shape index (κ1) is 12.9. The summed E-state index contributed by atoms with van der Waals surface area (Å²) < 4.78 is 7.25. The lowest BCUT2D eigenvalue weighted by Crippen LogP contribution is -2.11. The number of hydrogen-bond acceptors (Lipinski definition) is 3. The molecule has 1 heterocycles. The Morgan fingerprint density at radius 3 is 2.65 bits per heavy atom. The number of aromatic carboxylic acids is 1. The van der Waals surface area contributed by atoms with E-state index < -0.39 is 5.97 Å². The average Bonchev–Trinajstić information content (AvgIpc) is 3.15. The van der Waals surface area contributed by atoms with Gasteiger partial charge in [0.1, 0.15) is 0 Å². The van der Waals surface area contributed by atoms with Crippen LogP contribution in [0.5, 0.6) is 0 Å². The van der Waals surface area contributed by atoms with Gasteiger partial charge in [0.2, 0.25) is 0 Å². The molecule has 1 aromatic heterocycles. The molecule has 0 saturated heterocycles. The van der Waals surface area contributed by atoms with E-state index in [0.717, 1.165) is 29.7 Å². The van der Waals surface area contributed by atoms with Crippen LogP contribution in [0.1, 0.15) is 28.9 Å². The maximum Gasteiger partial charge on any atom is 0.356 e. The Labute approximate surface area is 116 Å². The van der Waals surface area contributed by atoms with Crippen molar-refractivity contribution in [3.05, 3.63) is 41.6 Å². The Balaban J connectivity index is 2.14. The fourth-order valence-electron chi connectivity index (χ4n) is 2.62. The highest BCUT2D eigenvalue weighted by Gasteiger charge is 2.46. The third kappa shape index (κ3) is 1.91. The van der Waals surface area contributed by atoms with E-state index in [4.69, 9.17) is 9.84 Å². The first-order chi connectivity index (χ1) is 9.57. The minimum absolute atomic E-state index is 0.0552. The van der Waals surface area contributed by atoms with Crippen molar-refractivity contribution in [3.63, 3.8) is 0 Å². The third-order valence-electron chi connectivity index (χ3n) is 3.89. The summed E-state index contributed by atoms with van der Waals surface area (Å²) in [5.74, 6) is -1.02. The average molecular weight is 272 g/mol. The predicted octanol–water partition coefficient (Wildman–Crippen LogP) is 2.42. The summed E-state index contributed by atoms with van der Waals surface area (Å²) in [5.41, 5.74) is 2.71. The van der Waals surface area contributed by atoms with Crippen LogP contribution in [0.2, 0.25) is 0 Å². The zero-order valence-electron chi connectivity index (χ0n) is 11.5. The molecule has 0 amide bonds. The summed E-state index contributed by atoms with van der Waals surface area (Å²) in [4.78, 5) is 11.0. The van der Waals surface area contributed by atoms with E-state index in [1.807, 2.05) is 24.3 Å². The van der Waals surface area contributed by atoms with E-state index in [-0.39, 0.29) is 11.3 Å². The molecule has 0 aliphatic heterocycles. The van der Waals surface area contributed by atoms with Gasteiger partial charge in [0, 0.05) is 19.7 Å². The lowest BCUT2D eigenvalue weighted by molar-refractivity contribution is 0.0689. The van der Waals surface area contributed by atoms with E-state index in [2.05, 4.69) is 5.10 Å². The van der Waals surface area contributed by atoms with Crippen LogP contribution in [0, 0.1) is 0 Å². The van der Waals surface area contributed by atoms with Crippen LogP contribution < -0.4 is 0 Å². The van der Waals surface area contributed by atoms with Gasteiger partial charge in [-0.3, -0.25) is 4.68 Å². The number of nitrogens with zero attached hydrogens (tertiary/aromatic N) is 2. The topological polar surface area (TPSA) is 64.3 Å². The van der Waals surface area contributed by atoms with Crippen LogP contribution in [-0.4, -0.2) is 28.0 Å². The standard InChI is InChI=1S/C15H16N2O3/c1-17-13(9-12(16-17)14(18)19)10-5-3-4-6-11(10)15(20-2)7-8-15/h3-6,9H,7-8H2,1-2H3,(H,18,19). The Morgan fingerprint density at radius 1 is 1.40 bits per heavy atom. The van der Waals surface area contributed by atoms with Gasteiger partial charge in [-0.15, -0.1) is 0 Å². The van der Waals surface area contributed by atoms with Gasteiger partial charge >= 0.3 is 5.97 Å². The SMILES string of the molecule is COC1(c2ccccc2-c2cc(C(=O)O)nn2C)CC1. The first-order valence-electron chi connectivity index (χ1n) is 6.50. The Bertz CT molecular complexity index is 672.